The molecule has 0 bridgehead atoms. The molecule has 15 heavy (non-hydrogen) atoms. The Morgan fingerprint density at radius 2 is 2.00 bits per heavy atom. The Morgan fingerprint density at radius 1 is 1.27 bits per heavy atom. The predicted octanol–water partition coefficient (Wildman–Crippen LogP) is 2.06. The molecule has 0 aliphatic rings. The summed E-state index contributed by atoms with van der Waals surface area (Å²) in [5, 5.41) is 9.79. The molecule has 0 unspecified atom stereocenters. The molecule has 0 atom stereocenters. The third-order valence-electron chi connectivity index (χ3n) is 2.47. The van der Waals surface area contributed by atoms with E-state index in [1.807, 2.05) is 12.1 Å². The fourth-order valence-corrected chi connectivity index (χ4v) is 1.73. The van der Waals surface area contributed by atoms with Crippen molar-refractivity contribution in [3.63, 3.8) is 0 Å². The minimum atomic E-state index is -0.00692. The van der Waals surface area contributed by atoms with Gasteiger partial charge in [0.25, 0.3) is 5.52 Å². The van der Waals surface area contributed by atoms with Gasteiger partial charge in [0.1, 0.15) is 5.52 Å². The summed E-state index contributed by atoms with van der Waals surface area (Å²) in [5.74, 6) is 0. The zero-order valence-corrected chi connectivity index (χ0v) is 9.23. The minimum absolute atomic E-state index is 0.00692. The first kappa shape index (κ1) is 9.90. The third-order valence-corrected chi connectivity index (χ3v) is 2.47. The van der Waals surface area contributed by atoms with Gasteiger partial charge in [-0.15, -0.1) is 0 Å². The number of fused-ring (bicyclic) bond motifs is 1. The molecule has 3 nitrogen and oxygen atoms in total. The lowest BCUT2D eigenvalue weighted by Gasteiger charge is -2.17. The van der Waals surface area contributed by atoms with Crippen LogP contribution in [-0.4, -0.2) is 10.2 Å². The zero-order valence-electron chi connectivity index (χ0n) is 9.23. The maximum absolute atomic E-state index is 9.79. The van der Waals surface area contributed by atoms with Gasteiger partial charge < -0.3 is 0 Å². The largest absolute Gasteiger partial charge is 0.286 e. The average molecular weight is 203 g/mol. The van der Waals surface area contributed by atoms with Crippen LogP contribution in [-0.2, 0) is 5.41 Å². The Kier molecular flexibility index (Phi) is 2.11. The second kappa shape index (κ2) is 3.19. The van der Waals surface area contributed by atoms with Gasteiger partial charge in [-0.1, -0.05) is 20.8 Å². The monoisotopic (exact) mass is 203 g/mol. The fraction of sp³-hybridized carbons (Fsp3) is 0.333. The number of hydrogen-bond donors (Lipinski definition) is 1. The van der Waals surface area contributed by atoms with Crippen molar-refractivity contribution in [1.82, 2.24) is 4.98 Å². The van der Waals surface area contributed by atoms with E-state index in [0.717, 1.165) is 21.3 Å². The van der Waals surface area contributed by atoms with Gasteiger partial charge in [0.05, 0.1) is 0 Å². The van der Waals surface area contributed by atoms with Crippen LogP contribution in [0.1, 0.15) is 26.3 Å². The number of pyridine rings is 2. The molecule has 0 aliphatic heterocycles. The highest BCUT2D eigenvalue weighted by Crippen LogP contribution is 2.26. The van der Waals surface area contributed by atoms with E-state index in [9.17, 15) is 5.21 Å². The van der Waals surface area contributed by atoms with E-state index in [4.69, 9.17) is 0 Å². The van der Waals surface area contributed by atoms with Crippen LogP contribution in [0.15, 0.2) is 30.6 Å². The van der Waals surface area contributed by atoms with Crippen LogP contribution in [0.3, 0.4) is 0 Å². The summed E-state index contributed by atoms with van der Waals surface area (Å²) >= 11 is 0. The summed E-state index contributed by atoms with van der Waals surface area (Å²) in [6.45, 7) is 6.36. The van der Waals surface area contributed by atoms with Crippen molar-refractivity contribution < 1.29 is 9.94 Å². The van der Waals surface area contributed by atoms with Crippen LogP contribution >= 0.6 is 0 Å². The fourth-order valence-electron chi connectivity index (χ4n) is 1.73. The lowest BCUT2D eigenvalue weighted by Crippen LogP contribution is -2.33. The van der Waals surface area contributed by atoms with E-state index >= 15 is 0 Å². The second-order valence-electron chi connectivity index (χ2n) is 4.70. The smallest absolute Gasteiger partial charge is 0.284 e. The van der Waals surface area contributed by atoms with Crippen LogP contribution in [0.4, 0.5) is 0 Å². The highest BCUT2D eigenvalue weighted by molar-refractivity contribution is 5.75. The first-order chi connectivity index (χ1) is 7.00. The summed E-state index contributed by atoms with van der Waals surface area (Å²) < 4.78 is 1.14. The van der Waals surface area contributed by atoms with Crippen molar-refractivity contribution in [2.24, 2.45) is 0 Å². The molecule has 3 heteroatoms. The molecular formula is C12H15N2O+. The van der Waals surface area contributed by atoms with Gasteiger partial charge >= 0.3 is 0 Å². The molecule has 0 spiro atoms. The molecule has 0 radical (unpaired) electrons. The molecule has 0 fully saturated rings. The molecule has 2 aromatic rings. The van der Waals surface area contributed by atoms with Gasteiger partial charge in [-0.2, -0.15) is 0 Å². The molecule has 0 saturated heterocycles. The van der Waals surface area contributed by atoms with Crippen molar-refractivity contribution in [3.05, 3.63) is 36.2 Å². The van der Waals surface area contributed by atoms with Crippen LogP contribution < -0.4 is 4.73 Å². The molecule has 0 amide bonds. The second-order valence-corrected chi connectivity index (χ2v) is 4.70. The molecule has 2 rings (SSSR count). The Balaban J connectivity index is 2.86. The zero-order chi connectivity index (χ0) is 11.1. The molecule has 0 aliphatic carbocycles. The predicted molar refractivity (Wildman–Crippen MR) is 57.8 cm³/mol. The normalized spacial score (nSPS) is 11.9. The number of nitrogens with zero attached hydrogens (tertiary/aromatic N) is 2. The van der Waals surface area contributed by atoms with E-state index in [-0.39, 0.29) is 5.41 Å². The number of hydrogen-bond acceptors (Lipinski definition) is 2. The lowest BCUT2D eigenvalue weighted by atomic mass is 9.86. The van der Waals surface area contributed by atoms with Gasteiger partial charge in [-0.05, 0) is 17.5 Å². The van der Waals surface area contributed by atoms with Crippen LogP contribution in [0.2, 0.25) is 0 Å². The van der Waals surface area contributed by atoms with Crippen molar-refractivity contribution in [2.75, 3.05) is 0 Å². The van der Waals surface area contributed by atoms with Gasteiger partial charge in [0.2, 0.25) is 6.20 Å². The maximum atomic E-state index is 9.79. The van der Waals surface area contributed by atoms with Crippen molar-refractivity contribution in [2.45, 2.75) is 26.2 Å². The molecule has 1 N–H and O–H groups in total. The first-order valence-corrected chi connectivity index (χ1v) is 4.99. The van der Waals surface area contributed by atoms with E-state index in [1.54, 1.807) is 18.5 Å². The Bertz CT molecular complexity index is 495. The summed E-state index contributed by atoms with van der Waals surface area (Å²) in [7, 11) is 0. The van der Waals surface area contributed by atoms with E-state index in [0.29, 0.717) is 0 Å². The van der Waals surface area contributed by atoms with Gasteiger partial charge in [-0.3, -0.25) is 5.21 Å². The van der Waals surface area contributed by atoms with Crippen LogP contribution in [0.5, 0.6) is 0 Å². The van der Waals surface area contributed by atoms with Crippen molar-refractivity contribution in [1.29, 1.82) is 0 Å². The summed E-state index contributed by atoms with van der Waals surface area (Å²) in [4.78, 5) is 4.24. The lowest BCUT2D eigenvalue weighted by molar-refractivity contribution is -0.884. The van der Waals surface area contributed by atoms with E-state index in [1.165, 1.54) is 0 Å². The summed E-state index contributed by atoms with van der Waals surface area (Å²) in [6.07, 6.45) is 3.40. The quantitative estimate of drug-likeness (QED) is 0.525. The highest BCUT2D eigenvalue weighted by Gasteiger charge is 2.23. The summed E-state index contributed by atoms with van der Waals surface area (Å²) in [5.41, 5.74) is 2.68. The van der Waals surface area contributed by atoms with Gasteiger partial charge in [0, 0.05) is 22.6 Å². The Hall–Kier alpha value is -1.64. The van der Waals surface area contributed by atoms with Crippen LogP contribution in [0, 0.1) is 0 Å². The molecule has 78 valence electrons. The molecule has 0 saturated carbocycles. The third kappa shape index (κ3) is 1.65. The topological polar surface area (TPSA) is 37.0 Å². The van der Waals surface area contributed by atoms with E-state index < -0.39 is 0 Å². The number of aromatic nitrogens is 2. The molecule has 2 heterocycles. The van der Waals surface area contributed by atoms with Gasteiger partial charge in [0.15, 0.2) is 0 Å². The van der Waals surface area contributed by atoms with Crippen LogP contribution in [0.25, 0.3) is 11.0 Å². The first-order valence-electron chi connectivity index (χ1n) is 4.99. The Morgan fingerprint density at radius 3 is 2.67 bits per heavy atom. The number of rotatable bonds is 0. The van der Waals surface area contributed by atoms with E-state index in [2.05, 4.69) is 25.8 Å². The van der Waals surface area contributed by atoms with Crippen molar-refractivity contribution >= 4 is 11.0 Å². The van der Waals surface area contributed by atoms with Crippen molar-refractivity contribution in [3.8, 4) is 0 Å². The summed E-state index contributed by atoms with van der Waals surface area (Å²) in [6, 6.07) is 5.63. The molecular weight excluding hydrogens is 188 g/mol. The SMILES string of the molecule is CC(C)(C)c1ccnc2ccc[n+](O)c12. The average Bonchev–Trinajstić information content (AvgIpc) is 2.16. The van der Waals surface area contributed by atoms with Gasteiger partial charge in [-0.25, -0.2) is 4.98 Å². The Labute approximate surface area is 89.0 Å². The highest BCUT2D eigenvalue weighted by atomic mass is 16.5. The molecule has 0 aromatic carbocycles. The standard InChI is InChI=1S/C12H15N2O/c1-12(2,3)9-6-7-13-10-5-4-8-14(15)11(9)10/h4-8,15H,1-3H3/q+1. The maximum Gasteiger partial charge on any atom is 0.286 e. The molecule has 2 aromatic heterocycles. The minimum Gasteiger partial charge on any atom is -0.284 e.